The first kappa shape index (κ1) is 14.6. The maximum atomic E-state index is 12.7. The molecule has 0 aliphatic heterocycles. The molecule has 0 unspecified atom stereocenters. The van der Waals surface area contributed by atoms with E-state index in [1.54, 1.807) is 20.8 Å². The van der Waals surface area contributed by atoms with Gasteiger partial charge in [-0.2, -0.15) is 0 Å². The second-order valence-electron chi connectivity index (χ2n) is 5.06. The van der Waals surface area contributed by atoms with Crippen LogP contribution in [0.5, 0.6) is 0 Å². The molecule has 2 atom stereocenters. The fraction of sp³-hybridized carbons (Fsp3) is 0.462. The van der Waals surface area contributed by atoms with Crippen LogP contribution in [0.3, 0.4) is 0 Å². The SMILES string of the molecule is CC(C)(C)OC(=O)[C@@H](N)[C@@H](O)c1ccc(F)cc1. The molecule has 5 heteroatoms. The van der Waals surface area contributed by atoms with Crippen molar-refractivity contribution in [3.05, 3.63) is 35.6 Å². The highest BCUT2D eigenvalue weighted by Gasteiger charge is 2.28. The van der Waals surface area contributed by atoms with Crippen molar-refractivity contribution in [3.8, 4) is 0 Å². The minimum Gasteiger partial charge on any atom is -0.459 e. The number of carbonyl (C=O) groups excluding carboxylic acids is 1. The Kier molecular flexibility index (Phi) is 4.43. The number of nitrogens with two attached hydrogens (primary N) is 1. The predicted molar refractivity (Wildman–Crippen MR) is 65.2 cm³/mol. The molecule has 0 radical (unpaired) electrons. The van der Waals surface area contributed by atoms with Crippen LogP contribution in [-0.2, 0) is 9.53 Å². The summed E-state index contributed by atoms with van der Waals surface area (Å²) < 4.78 is 17.8. The van der Waals surface area contributed by atoms with E-state index in [0.717, 1.165) is 0 Å². The Balaban J connectivity index is 2.74. The van der Waals surface area contributed by atoms with Crippen LogP contribution in [0.15, 0.2) is 24.3 Å². The first-order chi connectivity index (χ1) is 8.20. The van der Waals surface area contributed by atoms with Gasteiger partial charge in [0.05, 0.1) is 0 Å². The van der Waals surface area contributed by atoms with Crippen molar-refractivity contribution < 1.29 is 19.0 Å². The van der Waals surface area contributed by atoms with Gasteiger partial charge in [0.1, 0.15) is 23.6 Å². The molecule has 0 fully saturated rings. The minimum absolute atomic E-state index is 0.370. The number of aliphatic hydroxyl groups excluding tert-OH is 1. The third kappa shape index (κ3) is 4.09. The maximum absolute atomic E-state index is 12.7. The Morgan fingerprint density at radius 1 is 1.33 bits per heavy atom. The van der Waals surface area contributed by atoms with Crippen molar-refractivity contribution in [2.75, 3.05) is 0 Å². The normalized spacial score (nSPS) is 15.0. The molecule has 0 aliphatic rings. The lowest BCUT2D eigenvalue weighted by molar-refractivity contribution is -0.159. The molecule has 1 aromatic rings. The summed E-state index contributed by atoms with van der Waals surface area (Å²) >= 11 is 0. The highest BCUT2D eigenvalue weighted by Crippen LogP contribution is 2.18. The number of ether oxygens (including phenoxy) is 1. The third-order valence-corrected chi connectivity index (χ3v) is 2.23. The van der Waals surface area contributed by atoms with Crippen LogP contribution in [-0.4, -0.2) is 22.7 Å². The maximum Gasteiger partial charge on any atom is 0.326 e. The smallest absolute Gasteiger partial charge is 0.326 e. The largest absolute Gasteiger partial charge is 0.459 e. The van der Waals surface area contributed by atoms with Crippen molar-refractivity contribution in [2.45, 2.75) is 38.5 Å². The van der Waals surface area contributed by atoms with Crippen molar-refractivity contribution in [1.29, 1.82) is 0 Å². The standard InChI is InChI=1S/C13H18FNO3/c1-13(2,3)18-12(17)10(15)11(16)8-4-6-9(14)7-5-8/h4-7,10-11,16H,15H2,1-3H3/t10-,11-/m0/s1. The summed E-state index contributed by atoms with van der Waals surface area (Å²) in [6, 6.07) is 3.95. The number of esters is 1. The summed E-state index contributed by atoms with van der Waals surface area (Å²) in [5, 5.41) is 9.90. The molecule has 18 heavy (non-hydrogen) atoms. The molecule has 4 nitrogen and oxygen atoms in total. The highest BCUT2D eigenvalue weighted by atomic mass is 19.1. The molecule has 0 saturated carbocycles. The van der Waals surface area contributed by atoms with Crippen molar-refractivity contribution in [2.24, 2.45) is 5.73 Å². The van der Waals surface area contributed by atoms with E-state index in [9.17, 15) is 14.3 Å². The van der Waals surface area contributed by atoms with Gasteiger partial charge in [0.2, 0.25) is 0 Å². The summed E-state index contributed by atoms with van der Waals surface area (Å²) in [5.74, 6) is -1.11. The van der Waals surface area contributed by atoms with Gasteiger partial charge in [-0.1, -0.05) is 12.1 Å². The van der Waals surface area contributed by atoms with Crippen molar-refractivity contribution in [1.82, 2.24) is 0 Å². The molecular formula is C13H18FNO3. The molecule has 3 N–H and O–H groups in total. The Hall–Kier alpha value is -1.46. The van der Waals surface area contributed by atoms with Gasteiger partial charge in [0, 0.05) is 0 Å². The van der Waals surface area contributed by atoms with Crippen molar-refractivity contribution in [3.63, 3.8) is 0 Å². The summed E-state index contributed by atoms with van der Waals surface area (Å²) in [6.07, 6.45) is -1.22. The van der Waals surface area contributed by atoms with E-state index >= 15 is 0 Å². The second kappa shape index (κ2) is 5.46. The summed E-state index contributed by atoms with van der Waals surface area (Å²) in [4.78, 5) is 11.7. The molecule has 0 bridgehead atoms. The number of benzene rings is 1. The molecule has 0 spiro atoms. The molecule has 100 valence electrons. The lowest BCUT2D eigenvalue weighted by Gasteiger charge is -2.24. The second-order valence-corrected chi connectivity index (χ2v) is 5.06. The lowest BCUT2D eigenvalue weighted by atomic mass is 10.0. The number of aliphatic hydroxyl groups is 1. The molecule has 1 rings (SSSR count). The zero-order chi connectivity index (χ0) is 13.9. The number of hydrogen-bond donors (Lipinski definition) is 2. The number of halogens is 1. The summed E-state index contributed by atoms with van der Waals surface area (Å²) in [6.45, 7) is 5.13. The van der Waals surface area contributed by atoms with Gasteiger partial charge in [0.15, 0.2) is 0 Å². The first-order valence-electron chi connectivity index (χ1n) is 5.62. The van der Waals surface area contributed by atoms with E-state index < -0.39 is 29.5 Å². The number of hydrogen-bond acceptors (Lipinski definition) is 4. The van der Waals surface area contributed by atoms with Gasteiger partial charge in [-0.05, 0) is 38.5 Å². The average molecular weight is 255 g/mol. The monoisotopic (exact) mass is 255 g/mol. The fourth-order valence-electron chi connectivity index (χ4n) is 1.37. The first-order valence-corrected chi connectivity index (χ1v) is 5.62. The Morgan fingerprint density at radius 3 is 2.28 bits per heavy atom. The van der Waals surface area contributed by atoms with Crippen LogP contribution in [0.25, 0.3) is 0 Å². The molecular weight excluding hydrogens is 237 g/mol. The third-order valence-electron chi connectivity index (χ3n) is 2.23. The lowest BCUT2D eigenvalue weighted by Crippen LogP contribution is -2.41. The topological polar surface area (TPSA) is 72.5 Å². The molecule has 0 heterocycles. The van der Waals surface area contributed by atoms with Crippen LogP contribution < -0.4 is 5.73 Å². The van der Waals surface area contributed by atoms with Crippen LogP contribution in [0.4, 0.5) is 4.39 Å². The summed E-state index contributed by atoms with van der Waals surface area (Å²) in [7, 11) is 0. The minimum atomic E-state index is -1.22. The van der Waals surface area contributed by atoms with Gasteiger partial charge < -0.3 is 15.6 Å². The number of carbonyl (C=O) groups is 1. The molecule has 0 aliphatic carbocycles. The van der Waals surface area contributed by atoms with Gasteiger partial charge >= 0.3 is 5.97 Å². The fourth-order valence-corrected chi connectivity index (χ4v) is 1.37. The zero-order valence-electron chi connectivity index (χ0n) is 10.7. The molecule has 0 amide bonds. The van der Waals surface area contributed by atoms with E-state index in [1.807, 2.05) is 0 Å². The van der Waals surface area contributed by atoms with Crippen LogP contribution in [0.1, 0.15) is 32.4 Å². The predicted octanol–water partition coefficient (Wildman–Crippen LogP) is 1.53. The van der Waals surface area contributed by atoms with Gasteiger partial charge in [-0.3, -0.25) is 4.79 Å². The van der Waals surface area contributed by atoms with E-state index in [2.05, 4.69) is 0 Å². The zero-order valence-corrected chi connectivity index (χ0v) is 10.7. The molecule has 1 aromatic carbocycles. The van der Waals surface area contributed by atoms with Crippen molar-refractivity contribution >= 4 is 5.97 Å². The Bertz CT molecular complexity index is 411. The van der Waals surface area contributed by atoms with Gasteiger partial charge in [-0.15, -0.1) is 0 Å². The quantitative estimate of drug-likeness (QED) is 0.803. The molecule has 0 aromatic heterocycles. The van der Waals surface area contributed by atoms with Crippen LogP contribution in [0, 0.1) is 5.82 Å². The number of rotatable bonds is 3. The van der Waals surface area contributed by atoms with E-state index in [4.69, 9.17) is 10.5 Å². The van der Waals surface area contributed by atoms with E-state index in [1.165, 1.54) is 24.3 Å². The Labute approximate surface area is 106 Å². The average Bonchev–Trinajstić information content (AvgIpc) is 2.26. The van der Waals surface area contributed by atoms with Gasteiger partial charge in [-0.25, -0.2) is 4.39 Å². The molecule has 0 saturated heterocycles. The van der Waals surface area contributed by atoms with Crippen LogP contribution in [0.2, 0.25) is 0 Å². The van der Waals surface area contributed by atoms with E-state index in [-0.39, 0.29) is 0 Å². The highest BCUT2D eigenvalue weighted by molar-refractivity contribution is 5.77. The van der Waals surface area contributed by atoms with E-state index in [0.29, 0.717) is 5.56 Å². The van der Waals surface area contributed by atoms with Gasteiger partial charge in [0.25, 0.3) is 0 Å². The summed E-state index contributed by atoms with van der Waals surface area (Å²) in [5.41, 5.74) is 5.32. The Morgan fingerprint density at radius 2 is 1.83 bits per heavy atom. The van der Waals surface area contributed by atoms with Crippen LogP contribution >= 0.6 is 0 Å².